The van der Waals surface area contributed by atoms with E-state index in [0.717, 1.165) is 6.07 Å². The molecule has 3 rings (SSSR count). The van der Waals surface area contributed by atoms with E-state index in [0.29, 0.717) is 16.3 Å². The molecule has 0 atom stereocenters. The van der Waals surface area contributed by atoms with Crippen molar-refractivity contribution < 1.29 is 23.5 Å². The molecule has 132 valence electrons. The Morgan fingerprint density at radius 3 is 2.50 bits per heavy atom. The molecule has 0 saturated carbocycles. The lowest BCUT2D eigenvalue weighted by Gasteiger charge is -2.06. The van der Waals surface area contributed by atoms with Crippen LogP contribution >= 0.6 is 11.6 Å². The van der Waals surface area contributed by atoms with E-state index in [-0.39, 0.29) is 16.7 Å². The lowest BCUT2D eigenvalue weighted by atomic mass is 10.1. The SMILES string of the molecule is COc1ccc(C(=O)COC(=O)c2cc(=O)c3cc(Cl)ccc3o2)cc1. The Kier molecular flexibility index (Phi) is 5.04. The highest BCUT2D eigenvalue weighted by atomic mass is 35.5. The van der Waals surface area contributed by atoms with Crippen LogP contribution in [-0.2, 0) is 4.74 Å². The number of rotatable bonds is 5. The lowest BCUT2D eigenvalue weighted by Crippen LogP contribution is -2.16. The van der Waals surface area contributed by atoms with Crippen molar-refractivity contribution in [3.8, 4) is 5.75 Å². The summed E-state index contributed by atoms with van der Waals surface area (Å²) in [6, 6.07) is 11.9. The molecule has 3 aromatic rings. The summed E-state index contributed by atoms with van der Waals surface area (Å²) in [5.74, 6) is -0.972. The van der Waals surface area contributed by atoms with E-state index < -0.39 is 23.8 Å². The van der Waals surface area contributed by atoms with Gasteiger partial charge in [-0.15, -0.1) is 0 Å². The van der Waals surface area contributed by atoms with Crippen LogP contribution in [0.15, 0.2) is 57.7 Å². The molecule has 1 aromatic heterocycles. The first kappa shape index (κ1) is 17.7. The standard InChI is InChI=1S/C19H13ClO6/c1-24-13-5-2-11(3-6-13)16(22)10-25-19(23)18-9-15(21)14-8-12(20)4-7-17(14)26-18/h2-9H,10H2,1H3. The monoisotopic (exact) mass is 372 g/mol. The summed E-state index contributed by atoms with van der Waals surface area (Å²) in [5.41, 5.74) is 0.144. The number of hydrogen-bond donors (Lipinski definition) is 0. The van der Waals surface area contributed by atoms with Crippen LogP contribution in [-0.4, -0.2) is 25.5 Å². The van der Waals surface area contributed by atoms with E-state index in [9.17, 15) is 14.4 Å². The smallest absolute Gasteiger partial charge is 0.374 e. The number of carbonyl (C=O) groups excluding carboxylic acids is 2. The summed E-state index contributed by atoms with van der Waals surface area (Å²) in [4.78, 5) is 36.2. The molecule has 26 heavy (non-hydrogen) atoms. The number of ketones is 1. The molecule has 0 fully saturated rings. The van der Waals surface area contributed by atoms with E-state index in [1.54, 1.807) is 24.3 Å². The fraction of sp³-hybridized carbons (Fsp3) is 0.105. The Morgan fingerprint density at radius 2 is 1.81 bits per heavy atom. The Hall–Kier alpha value is -3.12. The third kappa shape index (κ3) is 3.75. The molecule has 2 aromatic carbocycles. The second-order valence-electron chi connectivity index (χ2n) is 5.34. The zero-order valence-electron chi connectivity index (χ0n) is 13.7. The van der Waals surface area contributed by atoms with Gasteiger partial charge in [-0.25, -0.2) is 4.79 Å². The second-order valence-corrected chi connectivity index (χ2v) is 5.78. The summed E-state index contributed by atoms with van der Waals surface area (Å²) >= 11 is 5.84. The number of hydrogen-bond acceptors (Lipinski definition) is 6. The average Bonchev–Trinajstić information content (AvgIpc) is 2.66. The predicted octanol–water partition coefficient (Wildman–Crippen LogP) is 3.49. The Morgan fingerprint density at radius 1 is 1.08 bits per heavy atom. The molecule has 0 aliphatic heterocycles. The van der Waals surface area contributed by atoms with Crippen molar-refractivity contribution in [1.82, 2.24) is 0 Å². The minimum Gasteiger partial charge on any atom is -0.497 e. The Balaban J connectivity index is 1.73. The summed E-state index contributed by atoms with van der Waals surface area (Å²) in [6.45, 7) is -0.479. The molecule has 0 aliphatic carbocycles. The Labute approximate surface area is 152 Å². The second kappa shape index (κ2) is 7.41. The highest BCUT2D eigenvalue weighted by Gasteiger charge is 2.16. The molecule has 0 spiro atoms. The first-order chi connectivity index (χ1) is 12.5. The molecule has 0 saturated heterocycles. The summed E-state index contributed by atoms with van der Waals surface area (Å²) < 4.78 is 15.3. The van der Waals surface area contributed by atoms with Gasteiger partial charge < -0.3 is 13.9 Å². The first-order valence-electron chi connectivity index (χ1n) is 7.56. The predicted molar refractivity (Wildman–Crippen MR) is 95.1 cm³/mol. The topological polar surface area (TPSA) is 82.8 Å². The van der Waals surface area contributed by atoms with Gasteiger partial charge in [0.05, 0.1) is 12.5 Å². The number of fused-ring (bicyclic) bond motifs is 1. The van der Waals surface area contributed by atoms with E-state index in [1.807, 2.05) is 0 Å². The van der Waals surface area contributed by atoms with Crippen molar-refractivity contribution >= 4 is 34.3 Å². The third-order valence-corrected chi connectivity index (χ3v) is 3.87. The highest BCUT2D eigenvalue weighted by molar-refractivity contribution is 6.31. The molecule has 0 N–H and O–H groups in total. The first-order valence-corrected chi connectivity index (χ1v) is 7.93. The van der Waals surface area contributed by atoms with Gasteiger partial charge in [0.15, 0.2) is 17.8 Å². The van der Waals surface area contributed by atoms with Crippen molar-refractivity contribution in [2.75, 3.05) is 13.7 Å². The molecular weight excluding hydrogens is 360 g/mol. The van der Waals surface area contributed by atoms with Crippen LogP contribution in [0.5, 0.6) is 5.75 Å². The van der Waals surface area contributed by atoms with Crippen LogP contribution in [0.1, 0.15) is 20.9 Å². The fourth-order valence-electron chi connectivity index (χ4n) is 2.29. The maximum Gasteiger partial charge on any atom is 0.374 e. The lowest BCUT2D eigenvalue weighted by molar-refractivity contribution is 0.0444. The van der Waals surface area contributed by atoms with E-state index in [4.69, 9.17) is 25.5 Å². The van der Waals surface area contributed by atoms with Crippen LogP contribution in [0.3, 0.4) is 0 Å². The number of carbonyl (C=O) groups is 2. The van der Waals surface area contributed by atoms with Crippen LogP contribution in [0.2, 0.25) is 5.02 Å². The van der Waals surface area contributed by atoms with Gasteiger partial charge in [0.1, 0.15) is 11.3 Å². The number of Topliss-reactive ketones (excluding diaryl/α,β-unsaturated/α-hetero) is 1. The van der Waals surface area contributed by atoms with Gasteiger partial charge in [-0.2, -0.15) is 0 Å². The van der Waals surface area contributed by atoms with Gasteiger partial charge in [-0.3, -0.25) is 9.59 Å². The van der Waals surface area contributed by atoms with Crippen LogP contribution in [0, 0.1) is 0 Å². The van der Waals surface area contributed by atoms with Crippen molar-refractivity contribution in [3.05, 3.63) is 75.1 Å². The van der Waals surface area contributed by atoms with Crippen LogP contribution in [0.4, 0.5) is 0 Å². The van der Waals surface area contributed by atoms with Gasteiger partial charge in [-0.05, 0) is 42.5 Å². The minimum absolute atomic E-state index is 0.204. The van der Waals surface area contributed by atoms with E-state index >= 15 is 0 Å². The van der Waals surface area contributed by atoms with Crippen molar-refractivity contribution in [2.45, 2.75) is 0 Å². The van der Waals surface area contributed by atoms with Gasteiger partial charge in [0, 0.05) is 16.7 Å². The zero-order valence-corrected chi connectivity index (χ0v) is 14.4. The number of esters is 1. The van der Waals surface area contributed by atoms with Crippen LogP contribution in [0.25, 0.3) is 11.0 Å². The molecule has 7 heteroatoms. The van der Waals surface area contributed by atoms with Crippen molar-refractivity contribution in [3.63, 3.8) is 0 Å². The molecule has 0 bridgehead atoms. The molecule has 0 amide bonds. The van der Waals surface area contributed by atoms with E-state index in [2.05, 4.69) is 0 Å². The molecule has 0 aliphatic rings. The maximum atomic E-state index is 12.1. The van der Waals surface area contributed by atoms with E-state index in [1.165, 1.54) is 25.3 Å². The molecule has 0 unspecified atom stereocenters. The third-order valence-electron chi connectivity index (χ3n) is 3.64. The molecular formula is C19H13ClO6. The number of halogens is 1. The minimum atomic E-state index is -0.902. The van der Waals surface area contributed by atoms with Crippen LogP contribution < -0.4 is 10.2 Å². The molecule has 0 radical (unpaired) electrons. The van der Waals surface area contributed by atoms with Gasteiger partial charge in [-0.1, -0.05) is 11.6 Å². The fourth-order valence-corrected chi connectivity index (χ4v) is 2.46. The zero-order chi connectivity index (χ0) is 18.7. The van der Waals surface area contributed by atoms with Gasteiger partial charge in [0.25, 0.3) is 0 Å². The number of ether oxygens (including phenoxy) is 2. The molecule has 6 nitrogen and oxygen atoms in total. The highest BCUT2D eigenvalue weighted by Crippen LogP contribution is 2.18. The number of benzene rings is 2. The van der Waals surface area contributed by atoms with Crippen molar-refractivity contribution in [1.29, 1.82) is 0 Å². The maximum absolute atomic E-state index is 12.1. The average molecular weight is 373 g/mol. The summed E-state index contributed by atoms with van der Waals surface area (Å²) in [6.07, 6.45) is 0. The largest absolute Gasteiger partial charge is 0.497 e. The van der Waals surface area contributed by atoms with Gasteiger partial charge >= 0.3 is 5.97 Å². The molecule has 1 heterocycles. The summed E-state index contributed by atoms with van der Waals surface area (Å²) in [7, 11) is 1.52. The van der Waals surface area contributed by atoms with Gasteiger partial charge in [0.2, 0.25) is 5.76 Å². The normalized spacial score (nSPS) is 10.5. The van der Waals surface area contributed by atoms with Crippen molar-refractivity contribution in [2.24, 2.45) is 0 Å². The summed E-state index contributed by atoms with van der Waals surface area (Å²) in [5, 5.41) is 0.633. The number of methoxy groups -OCH3 is 1. The Bertz CT molecular complexity index is 1040. The quantitative estimate of drug-likeness (QED) is 0.503.